The van der Waals surface area contributed by atoms with Crippen LogP contribution in [-0.4, -0.2) is 42.3 Å². The summed E-state index contributed by atoms with van der Waals surface area (Å²) >= 11 is 3.93. The molecule has 84 valence electrons. The predicted molar refractivity (Wildman–Crippen MR) is 53.4 cm³/mol. The number of hydrogen-bond donors (Lipinski definition) is 1. The Hall–Kier alpha value is 0.410. The Bertz CT molecular complexity index is 190. The molecule has 1 saturated heterocycles. The first-order valence-corrected chi connectivity index (χ1v) is 6.10. The van der Waals surface area contributed by atoms with E-state index in [2.05, 4.69) is 11.7 Å². The summed E-state index contributed by atoms with van der Waals surface area (Å²) in [6, 6.07) is -1.49. The van der Waals surface area contributed by atoms with E-state index >= 15 is 0 Å². The SMILES string of the molecule is CC(SS)N1CCOC[C@H]1C(F)(F)F. The average molecular weight is 247 g/mol. The van der Waals surface area contributed by atoms with E-state index in [0.29, 0.717) is 13.2 Å². The molecule has 0 saturated carbocycles. The van der Waals surface area contributed by atoms with Crippen molar-refractivity contribution >= 4 is 22.5 Å². The summed E-state index contributed by atoms with van der Waals surface area (Å²) in [5.41, 5.74) is 0. The van der Waals surface area contributed by atoms with Crippen LogP contribution < -0.4 is 0 Å². The molecule has 1 aliphatic heterocycles. The van der Waals surface area contributed by atoms with Gasteiger partial charge in [0.15, 0.2) is 0 Å². The molecular weight excluding hydrogens is 235 g/mol. The van der Waals surface area contributed by atoms with Crippen LogP contribution in [0.25, 0.3) is 0 Å². The smallest absolute Gasteiger partial charge is 0.378 e. The van der Waals surface area contributed by atoms with Crippen LogP contribution in [0.5, 0.6) is 0 Å². The molecule has 0 aromatic heterocycles. The maximum absolute atomic E-state index is 12.5. The van der Waals surface area contributed by atoms with E-state index < -0.39 is 12.2 Å². The third kappa shape index (κ3) is 2.95. The average Bonchev–Trinajstić information content (AvgIpc) is 2.15. The third-order valence-corrected chi connectivity index (χ3v) is 3.66. The van der Waals surface area contributed by atoms with Crippen LogP contribution in [0.4, 0.5) is 13.2 Å². The lowest BCUT2D eigenvalue weighted by atomic mass is 10.2. The number of morpholine rings is 1. The molecule has 1 rings (SSSR count). The quantitative estimate of drug-likeness (QED) is 0.593. The van der Waals surface area contributed by atoms with E-state index in [4.69, 9.17) is 4.74 Å². The van der Waals surface area contributed by atoms with Crippen molar-refractivity contribution in [1.29, 1.82) is 0 Å². The van der Waals surface area contributed by atoms with Crippen molar-refractivity contribution < 1.29 is 17.9 Å². The van der Waals surface area contributed by atoms with Crippen molar-refractivity contribution in [3.8, 4) is 0 Å². The van der Waals surface area contributed by atoms with Crippen molar-refractivity contribution in [1.82, 2.24) is 4.90 Å². The second-order valence-corrected chi connectivity index (χ2v) is 4.60. The molecular formula is C7H12F3NOS2. The van der Waals surface area contributed by atoms with Crippen LogP contribution in [0.3, 0.4) is 0 Å². The minimum atomic E-state index is -4.22. The van der Waals surface area contributed by atoms with Crippen LogP contribution in [0.2, 0.25) is 0 Å². The number of rotatable bonds is 2. The maximum atomic E-state index is 12.5. The van der Waals surface area contributed by atoms with Gasteiger partial charge in [0.05, 0.1) is 18.6 Å². The number of alkyl halides is 3. The largest absolute Gasteiger partial charge is 0.406 e. The van der Waals surface area contributed by atoms with Crippen LogP contribution in [-0.2, 0) is 4.74 Å². The molecule has 1 heterocycles. The first-order valence-electron chi connectivity index (χ1n) is 4.17. The highest BCUT2D eigenvalue weighted by Gasteiger charge is 2.46. The summed E-state index contributed by atoms with van der Waals surface area (Å²) in [6.07, 6.45) is -4.22. The minimum Gasteiger partial charge on any atom is -0.378 e. The lowest BCUT2D eigenvalue weighted by molar-refractivity contribution is -0.212. The summed E-state index contributed by atoms with van der Waals surface area (Å²) in [5.74, 6) is 0. The van der Waals surface area contributed by atoms with Crippen molar-refractivity contribution in [3.63, 3.8) is 0 Å². The zero-order chi connectivity index (χ0) is 10.8. The Morgan fingerprint density at radius 3 is 2.71 bits per heavy atom. The van der Waals surface area contributed by atoms with Gasteiger partial charge in [0, 0.05) is 6.54 Å². The van der Waals surface area contributed by atoms with Gasteiger partial charge < -0.3 is 4.74 Å². The zero-order valence-corrected chi connectivity index (χ0v) is 9.33. The van der Waals surface area contributed by atoms with Crippen LogP contribution in [0, 0.1) is 0 Å². The topological polar surface area (TPSA) is 12.5 Å². The van der Waals surface area contributed by atoms with E-state index in [1.165, 1.54) is 4.90 Å². The number of thiol groups is 1. The summed E-state index contributed by atoms with van der Waals surface area (Å²) in [5, 5.41) is -0.256. The highest BCUT2D eigenvalue weighted by molar-refractivity contribution is 8.68. The van der Waals surface area contributed by atoms with Gasteiger partial charge in [-0.2, -0.15) is 13.2 Å². The number of hydrogen-bond acceptors (Lipinski definition) is 4. The van der Waals surface area contributed by atoms with Gasteiger partial charge in [0.25, 0.3) is 0 Å². The van der Waals surface area contributed by atoms with E-state index in [1.54, 1.807) is 6.92 Å². The second kappa shape index (κ2) is 4.96. The molecule has 0 amide bonds. The molecule has 14 heavy (non-hydrogen) atoms. The summed E-state index contributed by atoms with van der Waals surface area (Å²) < 4.78 is 42.4. The van der Waals surface area contributed by atoms with Gasteiger partial charge in [0.1, 0.15) is 6.04 Å². The Morgan fingerprint density at radius 1 is 1.57 bits per heavy atom. The molecule has 1 unspecified atom stereocenters. The molecule has 0 aliphatic carbocycles. The van der Waals surface area contributed by atoms with E-state index in [9.17, 15) is 13.2 Å². The minimum absolute atomic E-state index is 0.256. The van der Waals surface area contributed by atoms with Gasteiger partial charge in [-0.15, -0.1) is 11.7 Å². The summed E-state index contributed by atoms with van der Waals surface area (Å²) in [6.45, 7) is 2.09. The van der Waals surface area contributed by atoms with Gasteiger partial charge in [-0.1, -0.05) is 10.8 Å². The molecule has 0 bridgehead atoms. The van der Waals surface area contributed by atoms with Gasteiger partial charge in [0.2, 0.25) is 0 Å². The van der Waals surface area contributed by atoms with Crippen molar-refractivity contribution in [2.75, 3.05) is 19.8 Å². The highest BCUT2D eigenvalue weighted by atomic mass is 33.1. The molecule has 0 N–H and O–H groups in total. The van der Waals surface area contributed by atoms with Crippen LogP contribution in [0.1, 0.15) is 6.92 Å². The fourth-order valence-corrected chi connectivity index (χ4v) is 2.13. The second-order valence-electron chi connectivity index (χ2n) is 3.07. The van der Waals surface area contributed by atoms with Crippen molar-refractivity contribution in [3.05, 3.63) is 0 Å². The Morgan fingerprint density at radius 2 is 2.21 bits per heavy atom. The van der Waals surface area contributed by atoms with E-state index in [1.807, 2.05) is 0 Å². The molecule has 7 heteroatoms. The molecule has 0 radical (unpaired) electrons. The highest BCUT2D eigenvalue weighted by Crippen LogP contribution is 2.31. The standard InChI is InChI=1S/C7H12F3NOS2/c1-5(14-13)11-2-3-12-4-6(11)7(8,9)10/h5-6,13H,2-4H2,1H3/t5?,6-/m0/s1. The van der Waals surface area contributed by atoms with Crippen LogP contribution in [0.15, 0.2) is 0 Å². The fourth-order valence-electron chi connectivity index (χ4n) is 1.39. The van der Waals surface area contributed by atoms with E-state index in [-0.39, 0.29) is 12.0 Å². The third-order valence-electron chi connectivity index (χ3n) is 2.17. The molecule has 0 aromatic rings. The van der Waals surface area contributed by atoms with Crippen LogP contribution >= 0.6 is 22.5 Å². The van der Waals surface area contributed by atoms with Gasteiger partial charge >= 0.3 is 6.18 Å². The Kier molecular flexibility index (Phi) is 4.42. The molecule has 1 fully saturated rings. The number of ether oxygens (including phenoxy) is 1. The molecule has 1 aliphatic rings. The lowest BCUT2D eigenvalue weighted by Gasteiger charge is -2.39. The molecule has 0 spiro atoms. The molecule has 2 nitrogen and oxygen atoms in total. The predicted octanol–water partition coefficient (Wildman–Crippen LogP) is 2.17. The summed E-state index contributed by atoms with van der Waals surface area (Å²) in [4.78, 5) is 1.38. The van der Waals surface area contributed by atoms with E-state index in [0.717, 1.165) is 10.8 Å². The lowest BCUT2D eigenvalue weighted by Crippen LogP contribution is -2.55. The number of halogens is 3. The normalized spacial score (nSPS) is 27.6. The summed E-state index contributed by atoms with van der Waals surface area (Å²) in [7, 11) is 1.12. The van der Waals surface area contributed by atoms with Crippen molar-refractivity contribution in [2.45, 2.75) is 24.5 Å². The van der Waals surface area contributed by atoms with Gasteiger partial charge in [-0.3, -0.25) is 4.90 Å². The molecule has 2 atom stereocenters. The Balaban J connectivity index is 2.69. The fraction of sp³-hybridized carbons (Fsp3) is 1.00. The monoisotopic (exact) mass is 247 g/mol. The van der Waals surface area contributed by atoms with Gasteiger partial charge in [-0.25, -0.2) is 0 Å². The number of nitrogens with zero attached hydrogens (tertiary/aromatic N) is 1. The molecule has 0 aromatic carbocycles. The zero-order valence-electron chi connectivity index (χ0n) is 7.62. The first kappa shape index (κ1) is 12.5. The maximum Gasteiger partial charge on any atom is 0.406 e. The van der Waals surface area contributed by atoms with Gasteiger partial charge in [-0.05, 0) is 6.92 Å². The van der Waals surface area contributed by atoms with Crippen molar-refractivity contribution in [2.24, 2.45) is 0 Å². The first-order chi connectivity index (χ1) is 6.46. The Labute approximate surface area is 90.0 Å².